The first-order chi connectivity index (χ1) is 9.11. The maximum atomic E-state index is 13.4. The zero-order chi connectivity index (χ0) is 13.8. The predicted molar refractivity (Wildman–Crippen MR) is 69.9 cm³/mol. The van der Waals surface area contributed by atoms with Gasteiger partial charge in [-0.3, -0.25) is 0 Å². The zero-order valence-electron chi connectivity index (χ0n) is 9.75. The Balaban J connectivity index is 2.15. The van der Waals surface area contributed by atoms with Crippen LogP contribution in [0.25, 0.3) is 0 Å². The summed E-state index contributed by atoms with van der Waals surface area (Å²) in [6, 6.07) is 10.7. The second-order valence-electron chi connectivity index (χ2n) is 3.87. The number of nitrogens with zero attached hydrogens (tertiary/aromatic N) is 1. The van der Waals surface area contributed by atoms with Gasteiger partial charge in [-0.25, -0.2) is 8.78 Å². The Bertz CT molecular complexity index is 650. The van der Waals surface area contributed by atoms with Crippen LogP contribution in [-0.4, -0.2) is 0 Å². The van der Waals surface area contributed by atoms with Gasteiger partial charge in [-0.1, -0.05) is 23.7 Å². The molecule has 0 fully saturated rings. The van der Waals surface area contributed by atoms with E-state index in [0.29, 0.717) is 16.1 Å². The highest BCUT2D eigenvalue weighted by Crippen LogP contribution is 2.21. The van der Waals surface area contributed by atoms with Crippen LogP contribution in [0, 0.1) is 23.0 Å². The van der Waals surface area contributed by atoms with Gasteiger partial charge in [0.15, 0.2) is 11.6 Å². The number of anilines is 1. The summed E-state index contributed by atoms with van der Waals surface area (Å²) in [4.78, 5) is 0. The molecule has 0 atom stereocenters. The van der Waals surface area contributed by atoms with Crippen molar-refractivity contribution in [1.29, 1.82) is 5.26 Å². The molecule has 96 valence electrons. The first-order valence-corrected chi connectivity index (χ1v) is 5.86. The summed E-state index contributed by atoms with van der Waals surface area (Å²) in [5, 5.41) is 11.9. The van der Waals surface area contributed by atoms with E-state index in [2.05, 4.69) is 5.32 Å². The van der Waals surface area contributed by atoms with Crippen molar-refractivity contribution in [3.05, 3.63) is 64.2 Å². The second kappa shape index (κ2) is 5.68. The quantitative estimate of drug-likeness (QED) is 0.917. The Morgan fingerprint density at radius 2 is 2.00 bits per heavy atom. The molecule has 2 aromatic rings. The lowest BCUT2D eigenvalue weighted by molar-refractivity contribution is 0.511. The molecule has 0 amide bonds. The Morgan fingerprint density at radius 3 is 2.68 bits per heavy atom. The van der Waals surface area contributed by atoms with E-state index in [9.17, 15) is 8.78 Å². The molecule has 0 aliphatic heterocycles. The molecule has 0 radical (unpaired) electrons. The molecule has 0 saturated heterocycles. The summed E-state index contributed by atoms with van der Waals surface area (Å²) < 4.78 is 26.4. The van der Waals surface area contributed by atoms with Crippen molar-refractivity contribution in [3.63, 3.8) is 0 Å². The molecule has 0 heterocycles. The van der Waals surface area contributed by atoms with Crippen LogP contribution in [0.5, 0.6) is 0 Å². The molecule has 2 nitrogen and oxygen atoms in total. The maximum absolute atomic E-state index is 13.4. The van der Waals surface area contributed by atoms with Gasteiger partial charge in [-0.15, -0.1) is 0 Å². The maximum Gasteiger partial charge on any atom is 0.181 e. The highest BCUT2D eigenvalue weighted by Gasteiger charge is 2.08. The third-order valence-corrected chi connectivity index (χ3v) is 2.95. The summed E-state index contributed by atoms with van der Waals surface area (Å²) in [6.45, 7) is 0.241. The van der Waals surface area contributed by atoms with Gasteiger partial charge >= 0.3 is 0 Å². The summed E-state index contributed by atoms with van der Waals surface area (Å²) in [5.41, 5.74) is 1.22. The van der Waals surface area contributed by atoms with Crippen molar-refractivity contribution in [2.24, 2.45) is 0 Å². The fraction of sp³-hybridized carbons (Fsp3) is 0.0714. The van der Waals surface area contributed by atoms with Crippen molar-refractivity contribution in [2.75, 3.05) is 5.32 Å². The van der Waals surface area contributed by atoms with Crippen LogP contribution in [0.1, 0.15) is 11.1 Å². The largest absolute Gasteiger partial charge is 0.378 e. The van der Waals surface area contributed by atoms with Gasteiger partial charge < -0.3 is 5.32 Å². The van der Waals surface area contributed by atoms with E-state index < -0.39 is 11.6 Å². The molecule has 1 N–H and O–H groups in total. The number of nitrogens with one attached hydrogen (secondary N) is 1. The van der Waals surface area contributed by atoms with E-state index in [4.69, 9.17) is 16.9 Å². The predicted octanol–water partition coefficient (Wildman–Crippen LogP) is 4.10. The smallest absolute Gasteiger partial charge is 0.181 e. The first kappa shape index (κ1) is 13.3. The van der Waals surface area contributed by atoms with Crippen LogP contribution in [0.3, 0.4) is 0 Å². The van der Waals surface area contributed by atoms with E-state index in [1.54, 1.807) is 12.1 Å². The fourth-order valence-electron chi connectivity index (χ4n) is 1.59. The van der Waals surface area contributed by atoms with Gasteiger partial charge in [-0.2, -0.15) is 5.26 Å². The molecule has 2 aromatic carbocycles. The molecule has 0 unspecified atom stereocenters. The Hall–Kier alpha value is -2.12. The van der Waals surface area contributed by atoms with E-state index in [1.165, 1.54) is 18.2 Å². The lowest BCUT2D eigenvalue weighted by atomic mass is 10.1. The van der Waals surface area contributed by atoms with Crippen LogP contribution in [0.2, 0.25) is 5.02 Å². The monoisotopic (exact) mass is 278 g/mol. The first-order valence-electron chi connectivity index (χ1n) is 5.48. The molecule has 2 rings (SSSR count). The molecule has 0 aliphatic rings. The SMILES string of the molecule is N#Cc1ccc(CNc2cccc(F)c2F)c(Cl)c1. The number of rotatable bonds is 3. The molecule has 0 spiro atoms. The van der Waals surface area contributed by atoms with Gasteiger partial charge in [0, 0.05) is 11.6 Å². The van der Waals surface area contributed by atoms with Crippen molar-refractivity contribution in [3.8, 4) is 6.07 Å². The molecule has 0 aromatic heterocycles. The normalized spacial score (nSPS) is 10.0. The summed E-state index contributed by atoms with van der Waals surface area (Å²) in [6.07, 6.45) is 0. The Kier molecular flexibility index (Phi) is 3.98. The number of hydrogen-bond donors (Lipinski definition) is 1. The van der Waals surface area contributed by atoms with Crippen molar-refractivity contribution < 1.29 is 8.78 Å². The summed E-state index contributed by atoms with van der Waals surface area (Å²) >= 11 is 5.99. The molecule has 19 heavy (non-hydrogen) atoms. The van der Waals surface area contributed by atoms with Crippen LogP contribution in [0.4, 0.5) is 14.5 Å². The van der Waals surface area contributed by atoms with Crippen LogP contribution in [-0.2, 0) is 6.54 Å². The molecular formula is C14H9ClF2N2. The molecule has 0 saturated carbocycles. The Morgan fingerprint density at radius 1 is 1.21 bits per heavy atom. The second-order valence-corrected chi connectivity index (χ2v) is 4.28. The zero-order valence-corrected chi connectivity index (χ0v) is 10.5. The average molecular weight is 279 g/mol. The summed E-state index contributed by atoms with van der Waals surface area (Å²) in [5.74, 6) is -1.83. The number of nitriles is 1. The minimum absolute atomic E-state index is 0.0698. The molecular weight excluding hydrogens is 270 g/mol. The van der Waals surface area contributed by atoms with Crippen LogP contribution in [0.15, 0.2) is 36.4 Å². The van der Waals surface area contributed by atoms with Crippen LogP contribution >= 0.6 is 11.6 Å². The van der Waals surface area contributed by atoms with Gasteiger partial charge in [-0.05, 0) is 29.8 Å². The minimum Gasteiger partial charge on any atom is -0.378 e. The molecule has 0 bridgehead atoms. The number of benzene rings is 2. The Labute approximate surface area is 114 Å². The van der Waals surface area contributed by atoms with E-state index in [0.717, 1.165) is 6.07 Å². The van der Waals surface area contributed by atoms with E-state index >= 15 is 0 Å². The lowest BCUT2D eigenvalue weighted by Crippen LogP contribution is -2.03. The fourth-order valence-corrected chi connectivity index (χ4v) is 1.84. The third-order valence-electron chi connectivity index (χ3n) is 2.60. The number of halogens is 3. The third kappa shape index (κ3) is 3.01. The van der Waals surface area contributed by atoms with Gasteiger partial charge in [0.1, 0.15) is 0 Å². The van der Waals surface area contributed by atoms with Crippen molar-refractivity contribution in [2.45, 2.75) is 6.54 Å². The lowest BCUT2D eigenvalue weighted by Gasteiger charge is -2.09. The van der Waals surface area contributed by atoms with Gasteiger partial charge in [0.25, 0.3) is 0 Å². The highest BCUT2D eigenvalue weighted by atomic mass is 35.5. The highest BCUT2D eigenvalue weighted by molar-refractivity contribution is 6.31. The van der Waals surface area contributed by atoms with Gasteiger partial charge in [0.05, 0.1) is 17.3 Å². The van der Waals surface area contributed by atoms with Crippen LogP contribution < -0.4 is 5.32 Å². The van der Waals surface area contributed by atoms with Gasteiger partial charge in [0.2, 0.25) is 0 Å². The van der Waals surface area contributed by atoms with Crippen molar-refractivity contribution >= 4 is 17.3 Å². The molecule has 5 heteroatoms. The van der Waals surface area contributed by atoms with E-state index in [-0.39, 0.29) is 12.2 Å². The average Bonchev–Trinajstić information content (AvgIpc) is 2.41. The topological polar surface area (TPSA) is 35.8 Å². The standard InChI is InChI=1S/C14H9ClF2N2/c15-11-6-9(7-18)4-5-10(11)8-19-13-3-1-2-12(16)14(13)17/h1-6,19H,8H2. The summed E-state index contributed by atoms with van der Waals surface area (Å²) in [7, 11) is 0. The van der Waals surface area contributed by atoms with E-state index in [1.807, 2.05) is 6.07 Å². The minimum atomic E-state index is -0.924. The van der Waals surface area contributed by atoms with Crippen molar-refractivity contribution in [1.82, 2.24) is 0 Å². The number of hydrogen-bond acceptors (Lipinski definition) is 2. The molecule has 0 aliphatic carbocycles.